The van der Waals surface area contributed by atoms with E-state index in [1.807, 2.05) is 13.8 Å². The van der Waals surface area contributed by atoms with Gasteiger partial charge < -0.3 is 9.84 Å². The van der Waals surface area contributed by atoms with Gasteiger partial charge in [-0.15, -0.1) is 0 Å². The molecule has 4 aliphatic rings. The number of ether oxygens (including phenoxy) is 1. The van der Waals surface area contributed by atoms with Crippen molar-refractivity contribution in [3.63, 3.8) is 0 Å². The summed E-state index contributed by atoms with van der Waals surface area (Å²) in [7, 11) is 1.60. The van der Waals surface area contributed by atoms with Crippen molar-refractivity contribution in [2.75, 3.05) is 7.11 Å². The summed E-state index contributed by atoms with van der Waals surface area (Å²) < 4.78 is 22.8. The topological polar surface area (TPSA) is 46.5 Å². The van der Waals surface area contributed by atoms with E-state index in [0.29, 0.717) is 19.3 Å². The molecule has 7 atom stereocenters. The van der Waals surface area contributed by atoms with Crippen molar-refractivity contribution in [2.45, 2.75) is 83.1 Å². The van der Waals surface area contributed by atoms with Gasteiger partial charge in [-0.05, 0) is 57.4 Å². The number of aliphatic hydroxyl groups is 1. The normalized spacial score (nSPS) is 55.2. The zero-order valence-electron chi connectivity index (χ0n) is 15.9. The molecule has 0 aliphatic heterocycles. The van der Waals surface area contributed by atoms with E-state index in [4.69, 9.17) is 4.74 Å². The molecule has 25 heavy (non-hydrogen) atoms. The lowest BCUT2D eigenvalue weighted by atomic mass is 9.44. The third-order valence-corrected chi connectivity index (χ3v) is 8.86. The Balaban J connectivity index is 1.84. The Morgan fingerprint density at radius 3 is 2.56 bits per heavy atom. The molecule has 7 unspecified atom stereocenters. The average Bonchev–Trinajstić information content (AvgIpc) is 2.78. The maximum absolute atomic E-state index is 17.0. The third kappa shape index (κ3) is 1.96. The van der Waals surface area contributed by atoms with Crippen molar-refractivity contribution in [2.24, 2.45) is 22.7 Å². The first-order valence-electron chi connectivity index (χ1n) is 9.78. The Morgan fingerprint density at radius 1 is 1.16 bits per heavy atom. The highest BCUT2D eigenvalue weighted by atomic mass is 19.1. The fourth-order valence-electron chi connectivity index (χ4n) is 7.01. The maximum Gasteiger partial charge on any atom is 0.155 e. The van der Waals surface area contributed by atoms with Gasteiger partial charge in [0.2, 0.25) is 0 Å². The fraction of sp³-hybridized carbons (Fsp3) is 0.857. The minimum Gasteiger partial charge on any atom is -0.390 e. The summed E-state index contributed by atoms with van der Waals surface area (Å²) in [5.74, 6) is 0.198. The number of hydrogen-bond donors (Lipinski definition) is 1. The number of alkyl halides is 1. The molecule has 0 aromatic carbocycles. The summed E-state index contributed by atoms with van der Waals surface area (Å²) in [4.78, 5) is 11.9. The van der Waals surface area contributed by atoms with Gasteiger partial charge in [-0.25, -0.2) is 4.39 Å². The molecule has 0 spiro atoms. The number of methoxy groups -OCH3 is 1. The molecule has 0 aromatic rings. The van der Waals surface area contributed by atoms with E-state index in [1.165, 1.54) is 0 Å². The van der Waals surface area contributed by atoms with E-state index in [9.17, 15) is 9.90 Å². The van der Waals surface area contributed by atoms with Gasteiger partial charge in [0.15, 0.2) is 5.78 Å². The minimum absolute atomic E-state index is 0.111. The van der Waals surface area contributed by atoms with Gasteiger partial charge in [-0.3, -0.25) is 4.79 Å². The predicted molar refractivity (Wildman–Crippen MR) is 93.9 cm³/mol. The number of carbonyl (C=O) groups excluding carboxylic acids is 1. The smallest absolute Gasteiger partial charge is 0.155 e. The summed E-state index contributed by atoms with van der Waals surface area (Å²) in [6, 6.07) is 0. The first-order valence-corrected chi connectivity index (χ1v) is 9.78. The molecule has 0 aromatic heterocycles. The molecule has 4 rings (SSSR count). The quantitative estimate of drug-likeness (QED) is 0.778. The number of allylic oxidation sites excluding steroid dienone is 1. The summed E-state index contributed by atoms with van der Waals surface area (Å²) in [5.41, 5.74) is -2.18. The van der Waals surface area contributed by atoms with Gasteiger partial charge >= 0.3 is 0 Å². The minimum atomic E-state index is -1.46. The lowest BCUT2D eigenvalue weighted by molar-refractivity contribution is -0.232. The second kappa shape index (κ2) is 5.16. The molecule has 3 fully saturated rings. The monoisotopic (exact) mass is 350 g/mol. The maximum atomic E-state index is 17.0. The van der Waals surface area contributed by atoms with Crippen LogP contribution in [-0.2, 0) is 9.53 Å². The third-order valence-electron chi connectivity index (χ3n) is 8.86. The molecule has 0 bridgehead atoms. The molecule has 0 saturated heterocycles. The van der Waals surface area contributed by atoms with Crippen LogP contribution in [-0.4, -0.2) is 35.4 Å². The zero-order chi connectivity index (χ0) is 18.3. The number of hydrogen-bond acceptors (Lipinski definition) is 3. The Hall–Kier alpha value is -0.740. The second-order valence-corrected chi connectivity index (χ2v) is 9.65. The first-order chi connectivity index (χ1) is 11.6. The molecule has 4 heteroatoms. The molecule has 0 amide bonds. The van der Waals surface area contributed by atoms with Crippen LogP contribution in [0.5, 0.6) is 0 Å². The molecule has 3 nitrogen and oxygen atoms in total. The van der Waals surface area contributed by atoms with Crippen molar-refractivity contribution in [3.05, 3.63) is 11.6 Å². The predicted octanol–water partition coefficient (Wildman–Crippen LogP) is 3.99. The van der Waals surface area contributed by atoms with E-state index in [0.717, 1.165) is 31.3 Å². The molecular weight excluding hydrogens is 319 g/mol. The van der Waals surface area contributed by atoms with Crippen LogP contribution in [0.15, 0.2) is 11.6 Å². The molecule has 0 radical (unpaired) electrons. The van der Waals surface area contributed by atoms with Crippen LogP contribution in [0.3, 0.4) is 0 Å². The van der Waals surface area contributed by atoms with Crippen LogP contribution < -0.4 is 0 Å². The Labute approximate surface area is 150 Å². The van der Waals surface area contributed by atoms with Crippen LogP contribution in [0, 0.1) is 22.7 Å². The van der Waals surface area contributed by atoms with E-state index >= 15 is 4.39 Å². The van der Waals surface area contributed by atoms with Crippen molar-refractivity contribution in [1.29, 1.82) is 0 Å². The SMILES string of the molecule is COC1CC2(C)C(CCC2(C)O)C2CCC3=CC(=O)CCC3(C)C12F. The van der Waals surface area contributed by atoms with E-state index < -0.39 is 22.8 Å². The van der Waals surface area contributed by atoms with Gasteiger partial charge in [0, 0.05) is 30.3 Å². The van der Waals surface area contributed by atoms with Crippen LogP contribution in [0.25, 0.3) is 0 Å². The number of ketones is 1. The van der Waals surface area contributed by atoms with Crippen molar-refractivity contribution in [1.82, 2.24) is 0 Å². The standard InChI is InChI=1S/C21H31FO3/c1-18-9-7-14(23)11-13(18)5-6-16-15-8-10-20(3,24)19(15,2)12-17(25-4)21(16,18)22/h11,15-17,24H,5-10,12H2,1-4H3. The summed E-state index contributed by atoms with van der Waals surface area (Å²) >= 11 is 0. The lowest BCUT2D eigenvalue weighted by Crippen LogP contribution is -2.68. The fourth-order valence-corrected chi connectivity index (χ4v) is 7.01. The largest absolute Gasteiger partial charge is 0.390 e. The Bertz CT molecular complexity index is 641. The van der Waals surface area contributed by atoms with Crippen LogP contribution in [0.4, 0.5) is 4.39 Å². The summed E-state index contributed by atoms with van der Waals surface area (Å²) in [5, 5.41) is 11.0. The second-order valence-electron chi connectivity index (χ2n) is 9.65. The van der Waals surface area contributed by atoms with Gasteiger partial charge in [0.05, 0.1) is 11.7 Å². The highest BCUT2D eigenvalue weighted by Gasteiger charge is 2.72. The first kappa shape index (κ1) is 17.7. The highest BCUT2D eigenvalue weighted by molar-refractivity contribution is 5.91. The van der Waals surface area contributed by atoms with Gasteiger partial charge in [0.25, 0.3) is 0 Å². The molecule has 0 heterocycles. The zero-order valence-corrected chi connectivity index (χ0v) is 15.9. The molecule has 3 saturated carbocycles. The number of halogens is 1. The number of fused-ring (bicyclic) bond motifs is 5. The number of carbonyl (C=O) groups is 1. The Morgan fingerprint density at radius 2 is 1.88 bits per heavy atom. The van der Waals surface area contributed by atoms with Crippen LogP contribution >= 0.6 is 0 Å². The van der Waals surface area contributed by atoms with Crippen molar-refractivity contribution in [3.8, 4) is 0 Å². The Kier molecular flexibility index (Phi) is 3.65. The summed E-state index contributed by atoms with van der Waals surface area (Å²) in [6.45, 7) is 6.06. The summed E-state index contributed by atoms with van der Waals surface area (Å²) in [6.07, 6.45) is 5.88. The van der Waals surface area contributed by atoms with E-state index in [1.54, 1.807) is 13.2 Å². The van der Waals surface area contributed by atoms with E-state index in [2.05, 4.69) is 6.92 Å². The molecule has 140 valence electrons. The van der Waals surface area contributed by atoms with E-state index in [-0.39, 0.29) is 23.0 Å². The number of rotatable bonds is 1. The molecule has 1 N–H and O–H groups in total. The van der Waals surface area contributed by atoms with Gasteiger partial charge in [-0.2, -0.15) is 0 Å². The highest BCUT2D eigenvalue weighted by Crippen LogP contribution is 2.70. The van der Waals surface area contributed by atoms with Crippen LogP contribution in [0.1, 0.15) is 65.7 Å². The van der Waals surface area contributed by atoms with Gasteiger partial charge in [-0.1, -0.05) is 19.4 Å². The molecule has 4 aliphatic carbocycles. The van der Waals surface area contributed by atoms with Crippen LogP contribution in [0.2, 0.25) is 0 Å². The molecular formula is C21H31FO3. The van der Waals surface area contributed by atoms with Crippen molar-refractivity contribution < 1.29 is 19.0 Å². The van der Waals surface area contributed by atoms with Gasteiger partial charge in [0.1, 0.15) is 5.67 Å². The lowest BCUT2D eigenvalue weighted by Gasteiger charge is -2.64. The average molecular weight is 350 g/mol. The van der Waals surface area contributed by atoms with Crippen molar-refractivity contribution >= 4 is 5.78 Å².